The Morgan fingerprint density at radius 3 is 1.21 bits per heavy atom. The Kier molecular flexibility index (Phi) is 26.1. The van der Waals surface area contributed by atoms with Gasteiger partial charge in [-0.1, -0.05) is 139 Å². The summed E-state index contributed by atoms with van der Waals surface area (Å²) in [6.45, 7) is 4.55. The first-order valence-electron chi connectivity index (χ1n) is 20.9. The molecule has 0 spiro atoms. The lowest BCUT2D eigenvalue weighted by atomic mass is 9.99. The molecule has 2 rings (SSSR count). The molecule has 0 bridgehead atoms. The van der Waals surface area contributed by atoms with Gasteiger partial charge in [-0.2, -0.15) is 0 Å². The van der Waals surface area contributed by atoms with E-state index in [9.17, 15) is 0 Å². The highest BCUT2D eigenvalue weighted by Gasteiger charge is 2.51. The number of hydrogen-bond donors (Lipinski definition) is 0. The van der Waals surface area contributed by atoms with E-state index in [0.717, 1.165) is 51.4 Å². The van der Waals surface area contributed by atoms with Crippen LogP contribution < -0.4 is 0 Å². The Hall–Kier alpha value is -1.42. The summed E-state index contributed by atoms with van der Waals surface area (Å²) in [7, 11) is 4.39. The van der Waals surface area contributed by atoms with Gasteiger partial charge in [-0.05, 0) is 110 Å². The van der Waals surface area contributed by atoms with E-state index in [4.69, 9.17) is 9.47 Å². The average molecular weight is 666 g/mol. The van der Waals surface area contributed by atoms with Crippen molar-refractivity contribution in [3.05, 3.63) is 60.8 Å². The fourth-order valence-electron chi connectivity index (χ4n) is 7.23. The minimum atomic E-state index is -0.336. The summed E-state index contributed by atoms with van der Waals surface area (Å²) >= 11 is 0. The highest BCUT2D eigenvalue weighted by Crippen LogP contribution is 2.44. The van der Waals surface area contributed by atoms with Gasteiger partial charge in [0.25, 0.3) is 0 Å². The first-order chi connectivity index (χ1) is 23.6. The molecule has 1 aliphatic heterocycles. The molecule has 276 valence electrons. The standard InChI is InChI=1S/C45H79NO2/c1-5-7-9-11-13-15-17-19-21-23-25-27-29-31-33-35-37-39-45(47-43-40-42(46(3)4)41-44(43)48-45)38-36-34-32-30-28-26-24-22-20-18-16-14-12-10-8-6-2/h15-18,21-24,28,30,42-44H,5-14,19-20,25-27,29,31-41H2,1-4H3/b17-15-,18-16-,23-21-,24-22-,30-28-/t42-,43-,44+,45?. The summed E-state index contributed by atoms with van der Waals surface area (Å²) in [6.07, 6.45) is 57.6. The first kappa shape index (κ1) is 42.7. The Morgan fingerprint density at radius 2 is 0.792 bits per heavy atom. The molecule has 3 heteroatoms. The van der Waals surface area contributed by atoms with Crippen molar-refractivity contribution < 1.29 is 9.47 Å². The second-order valence-electron chi connectivity index (χ2n) is 15.0. The van der Waals surface area contributed by atoms with Crippen molar-refractivity contribution in [3.63, 3.8) is 0 Å². The van der Waals surface area contributed by atoms with E-state index in [1.165, 1.54) is 122 Å². The Labute approximate surface area is 299 Å². The molecule has 48 heavy (non-hydrogen) atoms. The van der Waals surface area contributed by atoms with Crippen LogP contribution in [0.4, 0.5) is 0 Å². The molecule has 0 N–H and O–H groups in total. The topological polar surface area (TPSA) is 21.7 Å². The van der Waals surface area contributed by atoms with Gasteiger partial charge in [0, 0.05) is 18.9 Å². The van der Waals surface area contributed by atoms with Gasteiger partial charge in [-0.25, -0.2) is 0 Å². The van der Waals surface area contributed by atoms with E-state index in [2.05, 4.69) is 93.6 Å². The summed E-state index contributed by atoms with van der Waals surface area (Å²) < 4.78 is 13.6. The quantitative estimate of drug-likeness (QED) is 0.0543. The number of rotatable bonds is 31. The number of unbranched alkanes of at least 4 members (excludes halogenated alkanes) is 16. The second kappa shape index (κ2) is 29.3. The molecule has 0 amide bonds. The third-order valence-electron chi connectivity index (χ3n) is 10.3. The van der Waals surface area contributed by atoms with E-state index in [0.29, 0.717) is 6.04 Å². The molecule has 1 aliphatic carbocycles. The Bertz CT molecular complexity index is 869. The normalized spacial score (nSPS) is 23.1. The first-order valence-corrected chi connectivity index (χ1v) is 20.9. The van der Waals surface area contributed by atoms with Gasteiger partial charge in [0.15, 0.2) is 5.79 Å². The molecule has 1 saturated heterocycles. The van der Waals surface area contributed by atoms with Crippen LogP contribution in [0.15, 0.2) is 60.8 Å². The van der Waals surface area contributed by atoms with Gasteiger partial charge >= 0.3 is 0 Å². The lowest BCUT2D eigenvalue weighted by molar-refractivity contribution is -0.192. The van der Waals surface area contributed by atoms with Crippen molar-refractivity contribution in [2.24, 2.45) is 0 Å². The van der Waals surface area contributed by atoms with Crippen LogP contribution in [0, 0.1) is 0 Å². The smallest absolute Gasteiger partial charge is 0.169 e. The van der Waals surface area contributed by atoms with Crippen molar-refractivity contribution in [2.45, 2.75) is 211 Å². The molecule has 0 radical (unpaired) electrons. The summed E-state index contributed by atoms with van der Waals surface area (Å²) in [5, 5.41) is 0. The van der Waals surface area contributed by atoms with E-state index >= 15 is 0 Å². The third kappa shape index (κ3) is 20.9. The molecule has 3 nitrogen and oxygen atoms in total. The third-order valence-corrected chi connectivity index (χ3v) is 10.3. The van der Waals surface area contributed by atoms with E-state index < -0.39 is 0 Å². The molecular weight excluding hydrogens is 587 g/mol. The Morgan fingerprint density at radius 1 is 0.458 bits per heavy atom. The van der Waals surface area contributed by atoms with E-state index in [-0.39, 0.29) is 18.0 Å². The predicted octanol–water partition coefficient (Wildman–Crippen LogP) is 13.8. The van der Waals surface area contributed by atoms with Crippen molar-refractivity contribution in [3.8, 4) is 0 Å². The molecule has 2 aliphatic rings. The highest BCUT2D eigenvalue weighted by atomic mass is 16.8. The van der Waals surface area contributed by atoms with Crippen molar-refractivity contribution in [2.75, 3.05) is 14.1 Å². The fourth-order valence-corrected chi connectivity index (χ4v) is 7.23. The van der Waals surface area contributed by atoms with Crippen LogP contribution >= 0.6 is 0 Å². The molecule has 4 atom stereocenters. The van der Waals surface area contributed by atoms with Crippen LogP contribution in [0.2, 0.25) is 0 Å². The molecule has 0 aromatic rings. The number of allylic oxidation sites excluding steroid dienone is 10. The van der Waals surface area contributed by atoms with Crippen molar-refractivity contribution in [1.82, 2.24) is 4.90 Å². The molecule has 1 heterocycles. The van der Waals surface area contributed by atoms with Crippen LogP contribution in [-0.4, -0.2) is 43.0 Å². The highest BCUT2D eigenvalue weighted by molar-refractivity contribution is 4.98. The molecule has 1 saturated carbocycles. The zero-order chi connectivity index (χ0) is 34.4. The van der Waals surface area contributed by atoms with Gasteiger partial charge < -0.3 is 14.4 Å². The molecule has 0 aromatic carbocycles. The average Bonchev–Trinajstić information content (AvgIpc) is 3.63. The fraction of sp³-hybridized carbons (Fsp3) is 0.778. The maximum absolute atomic E-state index is 6.81. The van der Waals surface area contributed by atoms with Gasteiger partial charge in [0.1, 0.15) is 0 Å². The monoisotopic (exact) mass is 666 g/mol. The Balaban J connectivity index is 1.57. The molecule has 2 fully saturated rings. The lowest BCUT2D eigenvalue weighted by Gasteiger charge is -2.31. The minimum absolute atomic E-state index is 0.286. The predicted molar refractivity (Wildman–Crippen MR) is 212 cm³/mol. The second-order valence-corrected chi connectivity index (χ2v) is 15.0. The summed E-state index contributed by atoms with van der Waals surface area (Å²) in [6, 6.07) is 0.593. The number of fused-ring (bicyclic) bond motifs is 1. The largest absolute Gasteiger partial charge is 0.344 e. The van der Waals surface area contributed by atoms with Crippen LogP contribution in [0.5, 0.6) is 0 Å². The van der Waals surface area contributed by atoms with E-state index in [1.807, 2.05) is 0 Å². The minimum Gasteiger partial charge on any atom is -0.344 e. The number of nitrogens with zero attached hydrogens (tertiary/aromatic N) is 1. The van der Waals surface area contributed by atoms with Crippen LogP contribution in [0.25, 0.3) is 0 Å². The van der Waals surface area contributed by atoms with E-state index in [1.54, 1.807) is 0 Å². The lowest BCUT2D eigenvalue weighted by Crippen LogP contribution is -2.34. The molecule has 0 aromatic heterocycles. The van der Waals surface area contributed by atoms with Gasteiger partial charge in [-0.15, -0.1) is 0 Å². The zero-order valence-corrected chi connectivity index (χ0v) is 32.4. The SMILES string of the molecule is CCCCCC/C=C\C/C=C\C/C=C\CCCCC1(CCCCCCCC/C=C\C/C=C\CCCCCC)O[C@H]2C[C@H](N(C)C)C[C@H]2O1. The summed E-state index contributed by atoms with van der Waals surface area (Å²) in [5.41, 5.74) is 0. The summed E-state index contributed by atoms with van der Waals surface area (Å²) in [4.78, 5) is 2.35. The molecule has 1 unspecified atom stereocenters. The zero-order valence-electron chi connectivity index (χ0n) is 32.4. The van der Waals surface area contributed by atoms with Crippen LogP contribution in [0.1, 0.15) is 187 Å². The number of ether oxygens (including phenoxy) is 2. The maximum Gasteiger partial charge on any atom is 0.169 e. The van der Waals surface area contributed by atoms with Crippen LogP contribution in [-0.2, 0) is 9.47 Å². The van der Waals surface area contributed by atoms with Crippen molar-refractivity contribution in [1.29, 1.82) is 0 Å². The molecular formula is C45H79NO2. The summed E-state index contributed by atoms with van der Waals surface area (Å²) in [5.74, 6) is -0.336. The number of hydrogen-bond acceptors (Lipinski definition) is 3. The van der Waals surface area contributed by atoms with Gasteiger partial charge in [0.2, 0.25) is 0 Å². The van der Waals surface area contributed by atoms with Crippen molar-refractivity contribution >= 4 is 0 Å². The maximum atomic E-state index is 6.81. The van der Waals surface area contributed by atoms with Crippen LogP contribution in [0.3, 0.4) is 0 Å². The van der Waals surface area contributed by atoms with Gasteiger partial charge in [-0.3, -0.25) is 0 Å². The van der Waals surface area contributed by atoms with Gasteiger partial charge in [0.05, 0.1) is 12.2 Å².